The Labute approximate surface area is 320 Å². The van der Waals surface area contributed by atoms with Gasteiger partial charge in [0.25, 0.3) is 0 Å². The van der Waals surface area contributed by atoms with Crippen LogP contribution < -0.4 is 54.6 Å². The highest BCUT2D eigenvalue weighted by Crippen LogP contribution is 2.34. The van der Waals surface area contributed by atoms with Crippen LogP contribution in [0.15, 0.2) is 95.4 Å². The van der Waals surface area contributed by atoms with Crippen LogP contribution >= 0.6 is 0 Å². The van der Waals surface area contributed by atoms with E-state index in [0.29, 0.717) is 17.5 Å². The van der Waals surface area contributed by atoms with Crippen molar-refractivity contribution in [1.29, 1.82) is 0 Å². The third kappa shape index (κ3) is 5.84. The maximum Gasteiger partial charge on any atom is 0.164 e. The zero-order valence-electron chi connectivity index (χ0n) is 32.4. The van der Waals surface area contributed by atoms with Crippen LogP contribution in [0.25, 0.3) is 78.4 Å². The first-order valence-corrected chi connectivity index (χ1v) is 18.5. The number of rotatable bonds is 5. The molecular weight excluding hydrogens is 635 g/mol. The van der Waals surface area contributed by atoms with Crippen molar-refractivity contribution in [3.05, 3.63) is 91.0 Å². The summed E-state index contributed by atoms with van der Waals surface area (Å²) in [6.07, 6.45) is 0. The van der Waals surface area contributed by atoms with E-state index in [9.17, 15) is 0 Å². The number of hydrogen-bond donors (Lipinski definition) is 0. The molecule has 0 saturated heterocycles. The molecular formula is C39H35B10N3O. The Balaban J connectivity index is 1.22. The van der Waals surface area contributed by atoms with E-state index in [4.69, 9.17) is 19.4 Å². The maximum absolute atomic E-state index is 6.60. The minimum absolute atomic E-state index is 0.606. The lowest BCUT2D eigenvalue weighted by Crippen LogP contribution is -2.55. The van der Waals surface area contributed by atoms with Gasteiger partial charge in [-0.15, -0.1) is 32.8 Å². The molecule has 2 aromatic heterocycles. The van der Waals surface area contributed by atoms with E-state index < -0.39 is 0 Å². The molecule has 0 unspecified atom stereocenters. The third-order valence-electron chi connectivity index (χ3n) is 12.1. The number of aromatic nitrogens is 3. The molecule has 14 heteroatoms. The first-order chi connectivity index (χ1) is 25.4. The molecule has 0 aliphatic carbocycles. The van der Waals surface area contributed by atoms with Crippen molar-refractivity contribution in [2.45, 2.75) is 0 Å². The second-order valence-electron chi connectivity index (χ2n) is 14.8. The molecule has 242 valence electrons. The monoisotopic (exact) mass is 671 g/mol. The Hall–Kier alpha value is -5.22. The first kappa shape index (κ1) is 34.8. The lowest BCUT2D eigenvalue weighted by Gasteiger charge is -2.20. The molecule has 0 N–H and O–H groups in total. The molecule has 8 rings (SSSR count). The summed E-state index contributed by atoms with van der Waals surface area (Å²) in [4.78, 5) is 15.1. The van der Waals surface area contributed by atoms with Crippen molar-refractivity contribution in [1.82, 2.24) is 15.0 Å². The first-order valence-electron chi connectivity index (χ1n) is 18.5. The summed E-state index contributed by atoms with van der Waals surface area (Å²) < 4.78 is 6.60. The zero-order chi connectivity index (χ0) is 37.3. The van der Waals surface area contributed by atoms with Gasteiger partial charge in [0, 0.05) is 27.5 Å². The van der Waals surface area contributed by atoms with Crippen molar-refractivity contribution in [2.75, 3.05) is 0 Å². The third-order valence-corrected chi connectivity index (χ3v) is 12.1. The molecule has 0 aliphatic rings. The topological polar surface area (TPSA) is 51.8 Å². The summed E-state index contributed by atoms with van der Waals surface area (Å²) in [7, 11) is 22.3. The molecule has 0 saturated carbocycles. The zero-order valence-corrected chi connectivity index (χ0v) is 32.4. The molecule has 6 aromatic carbocycles. The maximum atomic E-state index is 6.60. The Bertz CT molecular complexity index is 2730. The predicted octanol–water partition coefficient (Wildman–Crippen LogP) is -7.31. The summed E-state index contributed by atoms with van der Waals surface area (Å²) in [5.41, 5.74) is 22.9. The van der Waals surface area contributed by atoms with Crippen LogP contribution in [0.2, 0.25) is 0 Å². The summed E-state index contributed by atoms with van der Waals surface area (Å²) >= 11 is 0. The van der Waals surface area contributed by atoms with E-state index >= 15 is 0 Å². The minimum Gasteiger partial charge on any atom is -0.456 e. The standard InChI is InChI=1S/C39H35B10N3O/c40-27-25(28(41)32(45)35(48)31(27)44)16-6-8-18(9-7-16)38-50-37(17-4-2-1-3-5-17)51-39(52-38)20-11-13-22-21-12-10-19(14-23(21)53-24(22)15-20)26-29(42)33(46)36(49)34(47)30(26)43/h1-15H,40-49H2. The predicted molar refractivity (Wildman–Crippen MR) is 256 cm³/mol. The molecule has 2 heterocycles. The van der Waals surface area contributed by atoms with Gasteiger partial charge < -0.3 is 4.42 Å². The Morgan fingerprint density at radius 1 is 0.321 bits per heavy atom. The van der Waals surface area contributed by atoms with Crippen molar-refractivity contribution in [2.24, 2.45) is 0 Å². The number of fused-ring (bicyclic) bond motifs is 3. The largest absolute Gasteiger partial charge is 0.456 e. The number of benzene rings is 6. The fourth-order valence-electron chi connectivity index (χ4n) is 8.07. The van der Waals surface area contributed by atoms with Gasteiger partial charge in [0.15, 0.2) is 17.5 Å². The van der Waals surface area contributed by atoms with Gasteiger partial charge in [-0.25, -0.2) is 15.0 Å². The van der Waals surface area contributed by atoms with Crippen molar-refractivity contribution < 1.29 is 4.42 Å². The summed E-state index contributed by atoms with van der Waals surface area (Å²) in [6.45, 7) is 0. The Morgan fingerprint density at radius 2 is 0.660 bits per heavy atom. The van der Waals surface area contributed by atoms with Gasteiger partial charge >= 0.3 is 0 Å². The lowest BCUT2D eigenvalue weighted by molar-refractivity contribution is 0.669. The highest BCUT2D eigenvalue weighted by Gasteiger charge is 2.18. The molecule has 4 nitrogen and oxygen atoms in total. The number of nitrogens with zero attached hydrogens (tertiary/aromatic N) is 3. The number of hydrogen-bond acceptors (Lipinski definition) is 4. The van der Waals surface area contributed by atoms with Crippen molar-refractivity contribution in [3.8, 4) is 56.4 Å². The lowest BCUT2D eigenvalue weighted by atomic mass is 9.59. The second-order valence-corrected chi connectivity index (χ2v) is 14.8. The summed E-state index contributed by atoms with van der Waals surface area (Å²) in [5.74, 6) is 1.87. The van der Waals surface area contributed by atoms with Gasteiger partial charge in [-0.05, 0) is 46.5 Å². The van der Waals surface area contributed by atoms with Gasteiger partial charge in [-0.2, -0.15) is 0 Å². The van der Waals surface area contributed by atoms with Crippen LogP contribution in [0.1, 0.15) is 0 Å². The Morgan fingerprint density at radius 3 is 1.15 bits per heavy atom. The van der Waals surface area contributed by atoms with E-state index in [1.807, 2.05) is 30.3 Å². The van der Waals surface area contributed by atoms with E-state index in [-0.39, 0.29) is 0 Å². The molecule has 0 amide bonds. The average Bonchev–Trinajstić information content (AvgIpc) is 3.55. The van der Waals surface area contributed by atoms with Crippen LogP contribution in [-0.2, 0) is 0 Å². The molecule has 0 fully saturated rings. The van der Waals surface area contributed by atoms with Gasteiger partial charge in [-0.3, -0.25) is 0 Å². The van der Waals surface area contributed by atoms with E-state index in [1.165, 1.54) is 76.9 Å². The molecule has 8 aromatic rings. The van der Waals surface area contributed by atoms with Crippen LogP contribution in [0, 0.1) is 0 Å². The summed E-state index contributed by atoms with van der Waals surface area (Å²) in [6, 6.07) is 31.7. The fraction of sp³-hybridized carbons (Fsp3) is 0. The van der Waals surface area contributed by atoms with E-state index in [2.05, 4.69) is 139 Å². The van der Waals surface area contributed by atoms with Gasteiger partial charge in [0.05, 0.1) is 0 Å². The van der Waals surface area contributed by atoms with E-state index in [0.717, 1.165) is 38.6 Å². The second kappa shape index (κ2) is 13.3. The van der Waals surface area contributed by atoms with Crippen molar-refractivity contribution in [3.63, 3.8) is 0 Å². The molecule has 0 atom stereocenters. The summed E-state index contributed by atoms with van der Waals surface area (Å²) in [5, 5.41) is 2.16. The van der Waals surface area contributed by atoms with Crippen molar-refractivity contribution >= 4 is 155 Å². The van der Waals surface area contributed by atoms with E-state index in [1.54, 1.807) is 0 Å². The minimum atomic E-state index is 0.606. The van der Waals surface area contributed by atoms with Crippen LogP contribution in [0.5, 0.6) is 0 Å². The molecule has 0 bridgehead atoms. The molecule has 0 aliphatic heterocycles. The van der Waals surface area contributed by atoms with Crippen LogP contribution in [-0.4, -0.2) is 93.4 Å². The van der Waals surface area contributed by atoms with Gasteiger partial charge in [0.2, 0.25) is 0 Å². The van der Waals surface area contributed by atoms with Crippen LogP contribution in [0.4, 0.5) is 0 Å². The van der Waals surface area contributed by atoms with Crippen LogP contribution in [0.3, 0.4) is 0 Å². The SMILES string of the molecule is Bc1c(B)c(B)c(-c2ccc(-c3nc(-c4ccccc4)nc(-c4ccc5c(c4)oc4cc(-c6c(B)c(B)c(B)c(B)c6B)ccc45)n3)cc2)c(B)c1B. The molecule has 53 heavy (non-hydrogen) atoms. The quantitative estimate of drug-likeness (QED) is 0.171. The smallest absolute Gasteiger partial charge is 0.164 e. The highest BCUT2D eigenvalue weighted by molar-refractivity contribution is 6.69. The number of furan rings is 1. The van der Waals surface area contributed by atoms with Gasteiger partial charge in [-0.1, -0.05) is 88.6 Å². The fourth-order valence-corrected chi connectivity index (χ4v) is 8.07. The molecule has 0 radical (unpaired) electrons. The Kier molecular flexibility index (Phi) is 8.76. The normalized spacial score (nSPS) is 11.4. The molecule has 0 spiro atoms. The highest BCUT2D eigenvalue weighted by atomic mass is 16.3. The van der Waals surface area contributed by atoms with Gasteiger partial charge in [0.1, 0.15) is 89.6 Å². The average molecular weight is 670 g/mol.